The lowest BCUT2D eigenvalue weighted by molar-refractivity contribution is 0.108. The Balaban J connectivity index is 1.71. The lowest BCUT2D eigenvalue weighted by atomic mass is 10.0. The van der Waals surface area contributed by atoms with Crippen molar-refractivity contribution in [2.75, 3.05) is 13.1 Å². The second-order valence-electron chi connectivity index (χ2n) is 6.50. The number of piperazine rings is 1. The van der Waals surface area contributed by atoms with Crippen molar-refractivity contribution in [2.45, 2.75) is 51.2 Å². The Bertz CT molecular complexity index is 467. The molecule has 1 aliphatic carbocycles. The van der Waals surface area contributed by atoms with Crippen LogP contribution in [0.15, 0.2) is 18.2 Å². The highest BCUT2D eigenvalue weighted by atomic mass is 19.1. The van der Waals surface area contributed by atoms with E-state index in [-0.39, 0.29) is 0 Å². The second-order valence-corrected chi connectivity index (χ2v) is 6.50. The van der Waals surface area contributed by atoms with Gasteiger partial charge in [0, 0.05) is 37.8 Å². The molecule has 2 unspecified atom stereocenters. The highest BCUT2D eigenvalue weighted by Crippen LogP contribution is 2.34. The first-order chi connectivity index (χ1) is 10.2. The third-order valence-electron chi connectivity index (χ3n) is 4.68. The number of hydrogen-bond donors (Lipinski definition) is 1. The van der Waals surface area contributed by atoms with Gasteiger partial charge in [0.15, 0.2) is 0 Å². The Labute approximate surface area is 125 Å². The summed E-state index contributed by atoms with van der Waals surface area (Å²) in [4.78, 5) is 2.41. The van der Waals surface area contributed by atoms with Crippen LogP contribution in [0, 0.1) is 17.6 Å². The zero-order valence-electron chi connectivity index (χ0n) is 12.6. The van der Waals surface area contributed by atoms with Crippen LogP contribution in [-0.4, -0.2) is 30.1 Å². The maximum atomic E-state index is 13.4. The fraction of sp³-hybridized carbons (Fsp3) is 0.647. The molecule has 2 atom stereocenters. The quantitative estimate of drug-likeness (QED) is 0.896. The minimum absolute atomic E-state index is 0.469. The molecule has 1 heterocycles. The second kappa shape index (κ2) is 6.41. The molecule has 1 aromatic rings. The minimum atomic E-state index is -0.481. The van der Waals surface area contributed by atoms with Crippen LogP contribution in [-0.2, 0) is 6.54 Å². The zero-order chi connectivity index (χ0) is 14.8. The summed E-state index contributed by atoms with van der Waals surface area (Å²) in [6, 6.07) is 4.88. The first kappa shape index (κ1) is 14.9. The third-order valence-corrected chi connectivity index (χ3v) is 4.68. The Kier molecular flexibility index (Phi) is 4.55. The van der Waals surface area contributed by atoms with Gasteiger partial charge in [-0.25, -0.2) is 8.78 Å². The van der Waals surface area contributed by atoms with E-state index in [0.717, 1.165) is 43.5 Å². The summed E-state index contributed by atoms with van der Waals surface area (Å²) >= 11 is 0. The molecule has 1 N–H and O–H groups in total. The summed E-state index contributed by atoms with van der Waals surface area (Å²) in [5.41, 5.74) is 0.741. The van der Waals surface area contributed by atoms with Crippen LogP contribution in [0.5, 0.6) is 0 Å². The molecular weight excluding hydrogens is 270 g/mol. The number of nitrogens with one attached hydrogen (secondary N) is 1. The van der Waals surface area contributed by atoms with E-state index in [9.17, 15) is 8.78 Å². The highest BCUT2D eigenvalue weighted by Gasteiger charge is 2.36. The molecular formula is C17H24F2N2. The van der Waals surface area contributed by atoms with Crippen molar-refractivity contribution in [1.82, 2.24) is 10.2 Å². The van der Waals surface area contributed by atoms with E-state index in [1.807, 2.05) is 0 Å². The molecule has 0 radical (unpaired) electrons. The van der Waals surface area contributed by atoms with Gasteiger partial charge in [-0.1, -0.05) is 13.3 Å². The van der Waals surface area contributed by atoms with Crippen molar-refractivity contribution in [3.05, 3.63) is 35.4 Å². The molecule has 1 saturated heterocycles. The number of rotatable bonds is 5. The summed E-state index contributed by atoms with van der Waals surface area (Å²) in [5, 5.41) is 3.66. The van der Waals surface area contributed by atoms with Gasteiger partial charge in [-0.2, -0.15) is 0 Å². The average molecular weight is 294 g/mol. The van der Waals surface area contributed by atoms with Crippen molar-refractivity contribution in [2.24, 2.45) is 5.92 Å². The fourth-order valence-corrected chi connectivity index (χ4v) is 3.45. The number of nitrogens with zero attached hydrogens (tertiary/aromatic N) is 1. The molecule has 2 nitrogen and oxygen atoms in total. The normalized spacial score (nSPS) is 27.0. The minimum Gasteiger partial charge on any atom is -0.311 e. The Morgan fingerprint density at radius 1 is 1.19 bits per heavy atom. The lowest BCUT2D eigenvalue weighted by Gasteiger charge is -2.41. The van der Waals surface area contributed by atoms with Crippen LogP contribution >= 0.6 is 0 Å². The van der Waals surface area contributed by atoms with Gasteiger partial charge in [0.1, 0.15) is 11.6 Å². The number of benzene rings is 1. The van der Waals surface area contributed by atoms with Crippen LogP contribution in [0.2, 0.25) is 0 Å². The van der Waals surface area contributed by atoms with E-state index in [1.165, 1.54) is 25.0 Å². The van der Waals surface area contributed by atoms with Gasteiger partial charge in [-0.3, -0.25) is 4.90 Å². The predicted molar refractivity (Wildman–Crippen MR) is 80.0 cm³/mol. The summed E-state index contributed by atoms with van der Waals surface area (Å²) in [6.07, 6.45) is 4.90. The molecule has 0 amide bonds. The molecule has 116 valence electrons. The maximum absolute atomic E-state index is 13.4. The molecule has 2 fully saturated rings. The topological polar surface area (TPSA) is 15.3 Å². The van der Waals surface area contributed by atoms with Gasteiger partial charge in [-0.15, -0.1) is 0 Å². The van der Waals surface area contributed by atoms with E-state index >= 15 is 0 Å². The van der Waals surface area contributed by atoms with E-state index in [1.54, 1.807) is 0 Å². The van der Waals surface area contributed by atoms with Crippen LogP contribution in [0.25, 0.3) is 0 Å². The van der Waals surface area contributed by atoms with Crippen molar-refractivity contribution >= 4 is 0 Å². The van der Waals surface area contributed by atoms with E-state index < -0.39 is 11.6 Å². The predicted octanol–water partition coefficient (Wildman–Crippen LogP) is 3.32. The molecule has 21 heavy (non-hydrogen) atoms. The monoisotopic (exact) mass is 294 g/mol. The van der Waals surface area contributed by atoms with Crippen molar-refractivity contribution in [1.29, 1.82) is 0 Å². The first-order valence-electron chi connectivity index (χ1n) is 8.08. The van der Waals surface area contributed by atoms with Gasteiger partial charge in [-0.05, 0) is 42.9 Å². The van der Waals surface area contributed by atoms with Gasteiger partial charge in [0.2, 0.25) is 0 Å². The molecule has 1 aliphatic heterocycles. The molecule has 3 rings (SSSR count). The molecule has 1 saturated carbocycles. The number of halogens is 2. The molecule has 0 spiro atoms. The first-order valence-corrected chi connectivity index (χ1v) is 8.08. The Morgan fingerprint density at radius 2 is 1.90 bits per heavy atom. The smallest absolute Gasteiger partial charge is 0.126 e. The molecule has 1 aromatic carbocycles. The Morgan fingerprint density at radius 3 is 2.52 bits per heavy atom. The molecule has 2 aliphatic rings. The summed E-state index contributed by atoms with van der Waals surface area (Å²) in [6.45, 7) is 4.82. The van der Waals surface area contributed by atoms with Crippen LogP contribution < -0.4 is 5.32 Å². The van der Waals surface area contributed by atoms with E-state index in [2.05, 4.69) is 17.1 Å². The van der Waals surface area contributed by atoms with Gasteiger partial charge < -0.3 is 5.32 Å². The lowest BCUT2D eigenvalue weighted by Crippen LogP contribution is -2.56. The highest BCUT2D eigenvalue weighted by molar-refractivity contribution is 5.18. The molecule has 0 bridgehead atoms. The average Bonchev–Trinajstić information content (AvgIpc) is 3.24. The van der Waals surface area contributed by atoms with Crippen LogP contribution in [0.1, 0.15) is 38.2 Å². The zero-order valence-corrected chi connectivity index (χ0v) is 12.6. The fourth-order valence-electron chi connectivity index (χ4n) is 3.45. The van der Waals surface area contributed by atoms with Crippen molar-refractivity contribution in [3.8, 4) is 0 Å². The van der Waals surface area contributed by atoms with Crippen molar-refractivity contribution in [3.63, 3.8) is 0 Å². The summed E-state index contributed by atoms with van der Waals surface area (Å²) < 4.78 is 26.7. The van der Waals surface area contributed by atoms with Crippen LogP contribution in [0.3, 0.4) is 0 Å². The summed E-state index contributed by atoms with van der Waals surface area (Å²) in [5.74, 6) is -0.156. The number of hydrogen-bond acceptors (Lipinski definition) is 2. The maximum Gasteiger partial charge on any atom is 0.126 e. The van der Waals surface area contributed by atoms with Crippen LogP contribution in [0.4, 0.5) is 8.78 Å². The van der Waals surface area contributed by atoms with Gasteiger partial charge in [0.05, 0.1) is 0 Å². The van der Waals surface area contributed by atoms with Gasteiger partial charge >= 0.3 is 0 Å². The largest absolute Gasteiger partial charge is 0.311 e. The summed E-state index contributed by atoms with van der Waals surface area (Å²) in [7, 11) is 0. The third kappa shape index (κ3) is 3.80. The van der Waals surface area contributed by atoms with E-state index in [0.29, 0.717) is 18.6 Å². The molecule has 0 aromatic heterocycles. The van der Waals surface area contributed by atoms with E-state index in [4.69, 9.17) is 0 Å². The molecule has 4 heteroatoms. The SMILES string of the molecule is CCCC1CNC(C2CC2)CN1Cc1cc(F)cc(F)c1. The standard InChI is InChI=1S/C17H24F2N2/c1-2-3-16-9-20-17(13-4-5-13)11-21(16)10-12-6-14(18)8-15(19)7-12/h6-8,13,16-17,20H,2-5,9-11H2,1H3. The Hall–Kier alpha value is -1.00. The van der Waals surface area contributed by atoms with Crippen molar-refractivity contribution < 1.29 is 8.78 Å². The van der Waals surface area contributed by atoms with Gasteiger partial charge in [0.25, 0.3) is 0 Å².